The van der Waals surface area contributed by atoms with Crippen LogP contribution in [0.4, 0.5) is 4.39 Å². The molecule has 1 aliphatic heterocycles. The van der Waals surface area contributed by atoms with Crippen molar-refractivity contribution >= 4 is 17.4 Å². The van der Waals surface area contributed by atoms with E-state index in [2.05, 4.69) is 0 Å². The normalized spacial score (nSPS) is 18.5. The van der Waals surface area contributed by atoms with Crippen LogP contribution >= 0.6 is 0 Å². The summed E-state index contributed by atoms with van der Waals surface area (Å²) in [6, 6.07) is 11.0. The summed E-state index contributed by atoms with van der Waals surface area (Å²) in [5.74, 6) is -2.15. The fourth-order valence-corrected chi connectivity index (χ4v) is 3.28. The number of amides is 1. The first-order valence-electron chi connectivity index (χ1n) is 8.77. The van der Waals surface area contributed by atoms with Crippen molar-refractivity contribution in [3.8, 4) is 5.75 Å². The number of hydrogen-bond donors (Lipinski definition) is 2. The zero-order valence-electron chi connectivity index (χ0n) is 15.3. The fraction of sp³-hybridized carbons (Fsp3) is 0.238. The molecule has 2 aromatic rings. The van der Waals surface area contributed by atoms with Gasteiger partial charge in [-0.3, -0.25) is 9.59 Å². The number of carbonyl (C=O) groups excluding carboxylic acids is 2. The molecule has 1 fully saturated rings. The molecule has 1 aliphatic rings. The van der Waals surface area contributed by atoms with Gasteiger partial charge in [0.2, 0.25) is 0 Å². The molecule has 28 heavy (non-hydrogen) atoms. The van der Waals surface area contributed by atoms with Crippen molar-refractivity contribution in [1.29, 1.82) is 0 Å². The number of likely N-dealkylation sites (tertiary alicyclic amines) is 1. The third-order valence-corrected chi connectivity index (χ3v) is 4.66. The van der Waals surface area contributed by atoms with Gasteiger partial charge in [0.25, 0.3) is 11.7 Å². The molecule has 7 heteroatoms. The van der Waals surface area contributed by atoms with Crippen LogP contribution in [0.3, 0.4) is 0 Å². The van der Waals surface area contributed by atoms with Gasteiger partial charge in [0.05, 0.1) is 18.7 Å². The topological polar surface area (TPSA) is 87.1 Å². The van der Waals surface area contributed by atoms with E-state index in [-0.39, 0.29) is 36.5 Å². The molecule has 0 aliphatic carbocycles. The average Bonchev–Trinajstić information content (AvgIpc) is 2.96. The molecule has 0 aromatic heterocycles. The van der Waals surface area contributed by atoms with Gasteiger partial charge in [-0.1, -0.05) is 18.2 Å². The van der Waals surface area contributed by atoms with Crippen LogP contribution in [0.25, 0.3) is 5.76 Å². The number of rotatable bonds is 6. The molecule has 6 nitrogen and oxygen atoms in total. The Labute approximate surface area is 161 Å². The standard InChI is InChI=1S/C21H20FNO5/c1-28-14-9-7-13(8-10-14)19(25)17-18(15-5-2-3-6-16(15)22)23(11-4-12-24)21(27)20(17)26/h2-3,5-10,18,24-25H,4,11-12H2,1H3/b19-17+. The summed E-state index contributed by atoms with van der Waals surface area (Å²) in [5.41, 5.74) is 0.232. The molecule has 0 saturated carbocycles. The second kappa shape index (κ2) is 8.22. The van der Waals surface area contributed by atoms with E-state index in [4.69, 9.17) is 9.84 Å². The van der Waals surface area contributed by atoms with E-state index in [0.717, 1.165) is 0 Å². The molecule has 1 unspecified atom stereocenters. The highest BCUT2D eigenvalue weighted by molar-refractivity contribution is 6.46. The van der Waals surface area contributed by atoms with E-state index in [1.807, 2.05) is 0 Å². The minimum Gasteiger partial charge on any atom is -0.507 e. The highest BCUT2D eigenvalue weighted by Gasteiger charge is 2.46. The highest BCUT2D eigenvalue weighted by atomic mass is 19.1. The summed E-state index contributed by atoms with van der Waals surface area (Å²) in [7, 11) is 1.50. The van der Waals surface area contributed by atoms with E-state index < -0.39 is 23.5 Å². The molecular weight excluding hydrogens is 365 g/mol. The van der Waals surface area contributed by atoms with Gasteiger partial charge < -0.3 is 19.8 Å². The van der Waals surface area contributed by atoms with E-state index >= 15 is 0 Å². The number of ether oxygens (including phenoxy) is 1. The number of nitrogens with zero attached hydrogens (tertiary/aromatic N) is 1. The van der Waals surface area contributed by atoms with Gasteiger partial charge in [0, 0.05) is 24.3 Å². The van der Waals surface area contributed by atoms with Crippen LogP contribution in [-0.4, -0.2) is 47.1 Å². The number of ketones is 1. The lowest BCUT2D eigenvalue weighted by molar-refractivity contribution is -0.140. The highest BCUT2D eigenvalue weighted by Crippen LogP contribution is 2.40. The Morgan fingerprint density at radius 2 is 1.82 bits per heavy atom. The number of hydrogen-bond acceptors (Lipinski definition) is 5. The van der Waals surface area contributed by atoms with Crippen LogP contribution in [-0.2, 0) is 9.59 Å². The van der Waals surface area contributed by atoms with Crippen molar-refractivity contribution in [3.05, 3.63) is 71.0 Å². The zero-order valence-corrected chi connectivity index (χ0v) is 15.3. The maximum Gasteiger partial charge on any atom is 0.295 e. The Balaban J connectivity index is 2.16. The van der Waals surface area contributed by atoms with Crippen LogP contribution in [0.2, 0.25) is 0 Å². The largest absolute Gasteiger partial charge is 0.507 e. The predicted octanol–water partition coefficient (Wildman–Crippen LogP) is 2.64. The van der Waals surface area contributed by atoms with Crippen LogP contribution in [0.1, 0.15) is 23.6 Å². The van der Waals surface area contributed by atoms with Gasteiger partial charge in [-0.25, -0.2) is 4.39 Å². The van der Waals surface area contributed by atoms with E-state index in [0.29, 0.717) is 11.3 Å². The number of Topliss-reactive ketones (excluding diaryl/α,β-unsaturated/α-hetero) is 1. The summed E-state index contributed by atoms with van der Waals surface area (Å²) in [5, 5.41) is 19.9. The molecule has 2 aromatic carbocycles. The second-order valence-electron chi connectivity index (χ2n) is 6.32. The van der Waals surface area contributed by atoms with E-state index in [9.17, 15) is 19.1 Å². The van der Waals surface area contributed by atoms with E-state index in [1.165, 1.54) is 30.2 Å². The lowest BCUT2D eigenvalue weighted by Gasteiger charge is -2.25. The summed E-state index contributed by atoms with van der Waals surface area (Å²) in [4.78, 5) is 26.4. The SMILES string of the molecule is COc1ccc(/C(O)=C2\C(=O)C(=O)N(CCCO)C2c2ccccc2F)cc1. The van der Waals surface area contributed by atoms with Gasteiger partial charge in [0.15, 0.2) is 0 Å². The Kier molecular flexibility index (Phi) is 5.75. The maximum absolute atomic E-state index is 14.5. The summed E-state index contributed by atoms with van der Waals surface area (Å²) in [6.07, 6.45) is 0.223. The number of methoxy groups -OCH3 is 1. The number of aliphatic hydroxyl groups excluding tert-OH is 2. The first-order valence-corrected chi connectivity index (χ1v) is 8.77. The monoisotopic (exact) mass is 385 g/mol. The van der Waals surface area contributed by atoms with E-state index in [1.54, 1.807) is 30.3 Å². The second-order valence-corrected chi connectivity index (χ2v) is 6.32. The number of benzene rings is 2. The molecular formula is C21H20FNO5. The Bertz CT molecular complexity index is 923. The van der Waals surface area contributed by atoms with Crippen LogP contribution in [0.15, 0.2) is 54.1 Å². The Morgan fingerprint density at radius 3 is 2.43 bits per heavy atom. The molecule has 0 radical (unpaired) electrons. The minimum absolute atomic E-state index is 0.0550. The number of halogens is 1. The summed E-state index contributed by atoms with van der Waals surface area (Å²) in [6.45, 7) is -0.134. The number of carbonyl (C=O) groups is 2. The van der Waals surface area contributed by atoms with Crippen molar-refractivity contribution in [1.82, 2.24) is 4.90 Å². The Morgan fingerprint density at radius 1 is 1.14 bits per heavy atom. The molecule has 1 amide bonds. The number of aliphatic hydroxyl groups is 2. The molecule has 146 valence electrons. The van der Waals surface area contributed by atoms with Crippen molar-refractivity contribution in [2.45, 2.75) is 12.5 Å². The van der Waals surface area contributed by atoms with Crippen LogP contribution in [0, 0.1) is 5.82 Å². The molecule has 1 saturated heterocycles. The summed E-state index contributed by atoms with van der Waals surface area (Å²) < 4.78 is 19.6. The average molecular weight is 385 g/mol. The van der Waals surface area contributed by atoms with Gasteiger partial charge in [-0.05, 0) is 36.8 Å². The maximum atomic E-state index is 14.5. The molecule has 0 bridgehead atoms. The lowest BCUT2D eigenvalue weighted by Crippen LogP contribution is -2.31. The molecule has 3 rings (SSSR count). The predicted molar refractivity (Wildman–Crippen MR) is 100 cm³/mol. The van der Waals surface area contributed by atoms with Gasteiger partial charge in [-0.2, -0.15) is 0 Å². The first-order chi connectivity index (χ1) is 13.5. The molecule has 1 heterocycles. The van der Waals surface area contributed by atoms with Gasteiger partial charge in [0.1, 0.15) is 17.3 Å². The molecule has 0 spiro atoms. The van der Waals surface area contributed by atoms with Crippen LogP contribution in [0.5, 0.6) is 5.75 Å². The smallest absolute Gasteiger partial charge is 0.295 e. The van der Waals surface area contributed by atoms with Crippen molar-refractivity contribution < 1.29 is 28.9 Å². The zero-order chi connectivity index (χ0) is 20.3. The fourth-order valence-electron chi connectivity index (χ4n) is 3.28. The molecule has 2 N–H and O–H groups in total. The minimum atomic E-state index is -1.07. The lowest BCUT2D eigenvalue weighted by atomic mass is 9.95. The first kappa shape index (κ1) is 19.6. The van der Waals surface area contributed by atoms with Crippen molar-refractivity contribution in [2.75, 3.05) is 20.3 Å². The third-order valence-electron chi connectivity index (χ3n) is 4.66. The Hall–Kier alpha value is -3.19. The van der Waals surface area contributed by atoms with Gasteiger partial charge >= 0.3 is 0 Å². The van der Waals surface area contributed by atoms with Crippen LogP contribution < -0.4 is 4.74 Å². The quantitative estimate of drug-likeness (QED) is 0.454. The van der Waals surface area contributed by atoms with Gasteiger partial charge in [-0.15, -0.1) is 0 Å². The third kappa shape index (κ3) is 3.48. The van der Waals surface area contributed by atoms with Crippen molar-refractivity contribution in [3.63, 3.8) is 0 Å². The summed E-state index contributed by atoms with van der Waals surface area (Å²) >= 11 is 0. The molecule has 1 atom stereocenters. The van der Waals surface area contributed by atoms with Crippen molar-refractivity contribution in [2.24, 2.45) is 0 Å².